The second-order valence-electron chi connectivity index (χ2n) is 9.14. The van der Waals surface area contributed by atoms with Crippen LogP contribution in [0.2, 0.25) is 0 Å². The van der Waals surface area contributed by atoms with Crippen molar-refractivity contribution in [1.29, 1.82) is 0 Å². The van der Waals surface area contributed by atoms with E-state index in [1.54, 1.807) is 24.0 Å². The number of hydrogen-bond donors (Lipinski definition) is 2. The van der Waals surface area contributed by atoms with Crippen LogP contribution in [0.1, 0.15) is 46.2 Å². The van der Waals surface area contributed by atoms with Crippen LogP contribution in [0.25, 0.3) is 0 Å². The summed E-state index contributed by atoms with van der Waals surface area (Å²) in [6.07, 6.45) is 0. The van der Waals surface area contributed by atoms with Crippen LogP contribution < -0.4 is 10.6 Å². The van der Waals surface area contributed by atoms with Crippen molar-refractivity contribution in [3.8, 4) is 0 Å². The number of benzene rings is 1. The minimum absolute atomic E-state index is 0.0467. The fourth-order valence-electron chi connectivity index (χ4n) is 4.58. The summed E-state index contributed by atoms with van der Waals surface area (Å²) in [6, 6.07) is 4.56. The number of piperazine rings is 1. The zero-order valence-corrected chi connectivity index (χ0v) is 21.1. The number of nitrogens with zero attached hydrogens (tertiary/aromatic N) is 3. The molecule has 2 atom stereocenters. The van der Waals surface area contributed by atoms with Crippen molar-refractivity contribution in [2.45, 2.75) is 52.7 Å². The number of ether oxygens (including phenoxy) is 1. The van der Waals surface area contributed by atoms with Gasteiger partial charge in [0.1, 0.15) is 5.82 Å². The van der Waals surface area contributed by atoms with Gasteiger partial charge in [0.05, 0.1) is 18.2 Å². The Morgan fingerprint density at radius 1 is 1.20 bits per heavy atom. The molecule has 192 valence electrons. The standard InChI is InChI=1S/C25H36FN5O4/c1-6-30-20(15-29-12-13-31(17(5)14-29)24(33)27-16(3)4)21(23(32)35-7-2)22(28-25(30)34)18-8-10-19(26)11-9-18/h8-11,16-17,22H,6-7,12-15H2,1-5H3,(H,27,33)(H,28,34)/t17-,22+/m1/s1. The van der Waals surface area contributed by atoms with Crippen molar-refractivity contribution in [2.24, 2.45) is 0 Å². The van der Waals surface area contributed by atoms with E-state index < -0.39 is 17.8 Å². The summed E-state index contributed by atoms with van der Waals surface area (Å²) in [5.41, 5.74) is 1.50. The zero-order chi connectivity index (χ0) is 25.7. The number of rotatable bonds is 7. The molecule has 2 N–H and O–H groups in total. The molecular formula is C25H36FN5O4. The van der Waals surface area contributed by atoms with E-state index in [1.165, 1.54) is 12.1 Å². The predicted molar refractivity (Wildman–Crippen MR) is 130 cm³/mol. The van der Waals surface area contributed by atoms with Crippen LogP contribution in [0.5, 0.6) is 0 Å². The summed E-state index contributed by atoms with van der Waals surface area (Å²) < 4.78 is 18.9. The molecule has 2 heterocycles. The van der Waals surface area contributed by atoms with Gasteiger partial charge in [0.2, 0.25) is 0 Å². The van der Waals surface area contributed by atoms with Crippen LogP contribution in [0.15, 0.2) is 35.5 Å². The lowest BCUT2D eigenvalue weighted by atomic mass is 9.94. The van der Waals surface area contributed by atoms with E-state index in [0.717, 1.165) is 0 Å². The topological polar surface area (TPSA) is 94.2 Å². The minimum Gasteiger partial charge on any atom is -0.463 e. The Morgan fingerprint density at radius 2 is 1.89 bits per heavy atom. The Kier molecular flexibility index (Phi) is 8.71. The van der Waals surface area contributed by atoms with Gasteiger partial charge < -0.3 is 20.3 Å². The van der Waals surface area contributed by atoms with E-state index in [4.69, 9.17) is 4.74 Å². The first kappa shape index (κ1) is 26.5. The molecule has 2 aliphatic rings. The van der Waals surface area contributed by atoms with Crippen molar-refractivity contribution >= 4 is 18.0 Å². The molecule has 0 saturated carbocycles. The minimum atomic E-state index is -0.754. The summed E-state index contributed by atoms with van der Waals surface area (Å²) in [7, 11) is 0. The molecule has 1 fully saturated rings. The number of likely N-dealkylation sites (N-methyl/N-ethyl adjacent to an activating group) is 1. The van der Waals surface area contributed by atoms with Gasteiger partial charge >= 0.3 is 18.0 Å². The van der Waals surface area contributed by atoms with Crippen molar-refractivity contribution in [3.63, 3.8) is 0 Å². The number of hydrogen-bond acceptors (Lipinski definition) is 5. The highest BCUT2D eigenvalue weighted by atomic mass is 19.1. The average Bonchev–Trinajstić information content (AvgIpc) is 2.79. The molecule has 3 rings (SSSR count). The monoisotopic (exact) mass is 489 g/mol. The fraction of sp³-hybridized carbons (Fsp3) is 0.560. The molecule has 35 heavy (non-hydrogen) atoms. The normalized spacial score (nSPS) is 21.3. The van der Waals surface area contributed by atoms with Crippen molar-refractivity contribution in [3.05, 3.63) is 46.9 Å². The summed E-state index contributed by atoms with van der Waals surface area (Å²) in [5.74, 6) is -0.917. The summed E-state index contributed by atoms with van der Waals surface area (Å²) in [5, 5.41) is 5.82. The number of nitrogens with one attached hydrogen (secondary N) is 2. The molecule has 0 bridgehead atoms. The third kappa shape index (κ3) is 6.11. The summed E-state index contributed by atoms with van der Waals surface area (Å²) in [4.78, 5) is 44.2. The molecule has 1 saturated heterocycles. The van der Waals surface area contributed by atoms with E-state index in [0.29, 0.717) is 49.6 Å². The van der Waals surface area contributed by atoms with Crippen molar-refractivity contribution in [1.82, 2.24) is 25.3 Å². The molecule has 0 unspecified atom stereocenters. The van der Waals surface area contributed by atoms with Crippen LogP contribution in [0.3, 0.4) is 0 Å². The largest absolute Gasteiger partial charge is 0.463 e. The maximum Gasteiger partial charge on any atom is 0.338 e. The Morgan fingerprint density at radius 3 is 2.46 bits per heavy atom. The lowest BCUT2D eigenvalue weighted by Crippen LogP contribution is -2.58. The van der Waals surface area contributed by atoms with E-state index in [9.17, 15) is 18.8 Å². The number of carbonyl (C=O) groups is 3. The Hall–Kier alpha value is -3.14. The van der Waals surface area contributed by atoms with E-state index >= 15 is 0 Å². The highest BCUT2D eigenvalue weighted by Crippen LogP contribution is 2.32. The SMILES string of the molecule is CCOC(=O)C1=C(CN2CCN(C(=O)NC(C)C)[C@H](C)C2)N(CC)C(=O)N[C@H]1c1ccc(F)cc1. The molecule has 4 amide bonds. The van der Waals surface area contributed by atoms with Gasteiger partial charge in [0.15, 0.2) is 0 Å². The van der Waals surface area contributed by atoms with Gasteiger partial charge in [-0.05, 0) is 52.3 Å². The first-order valence-electron chi connectivity index (χ1n) is 12.2. The molecule has 1 aromatic carbocycles. The van der Waals surface area contributed by atoms with Gasteiger partial charge in [-0.3, -0.25) is 9.80 Å². The number of urea groups is 2. The van der Waals surface area contributed by atoms with E-state index in [2.05, 4.69) is 15.5 Å². The first-order valence-corrected chi connectivity index (χ1v) is 12.2. The molecule has 1 aromatic rings. The Labute approximate surface area is 206 Å². The number of halogens is 1. The first-order chi connectivity index (χ1) is 16.7. The second-order valence-corrected chi connectivity index (χ2v) is 9.14. The van der Waals surface area contributed by atoms with Crippen molar-refractivity contribution in [2.75, 3.05) is 39.3 Å². The molecule has 0 aromatic heterocycles. The lowest BCUT2D eigenvalue weighted by molar-refractivity contribution is -0.139. The molecular weight excluding hydrogens is 453 g/mol. The smallest absolute Gasteiger partial charge is 0.338 e. The fourth-order valence-corrected chi connectivity index (χ4v) is 4.58. The van der Waals surface area contributed by atoms with Crippen molar-refractivity contribution < 1.29 is 23.5 Å². The highest BCUT2D eigenvalue weighted by molar-refractivity contribution is 5.95. The molecule has 2 aliphatic heterocycles. The van der Waals surface area contributed by atoms with Gasteiger partial charge in [-0.2, -0.15) is 0 Å². The lowest BCUT2D eigenvalue weighted by Gasteiger charge is -2.43. The van der Waals surface area contributed by atoms with Crippen LogP contribution in [0, 0.1) is 5.82 Å². The number of amides is 4. The third-order valence-corrected chi connectivity index (χ3v) is 6.21. The molecule has 0 radical (unpaired) electrons. The molecule has 10 heteroatoms. The zero-order valence-electron chi connectivity index (χ0n) is 21.1. The maximum atomic E-state index is 13.6. The van der Waals surface area contributed by atoms with Crippen LogP contribution >= 0.6 is 0 Å². The predicted octanol–water partition coefficient (Wildman–Crippen LogP) is 2.85. The highest BCUT2D eigenvalue weighted by Gasteiger charge is 2.39. The van der Waals surface area contributed by atoms with Crippen LogP contribution in [-0.4, -0.2) is 84.1 Å². The number of esters is 1. The van der Waals surface area contributed by atoms with E-state index in [1.807, 2.05) is 32.6 Å². The Bertz CT molecular complexity index is 965. The molecule has 0 aliphatic carbocycles. The Balaban J connectivity index is 1.93. The van der Waals surface area contributed by atoms with Crippen LogP contribution in [-0.2, 0) is 9.53 Å². The van der Waals surface area contributed by atoms with E-state index in [-0.39, 0.29) is 30.8 Å². The van der Waals surface area contributed by atoms with Gasteiger partial charge in [0.25, 0.3) is 0 Å². The number of carbonyl (C=O) groups excluding carboxylic acids is 3. The summed E-state index contributed by atoms with van der Waals surface area (Å²) >= 11 is 0. The maximum absolute atomic E-state index is 13.6. The summed E-state index contributed by atoms with van der Waals surface area (Å²) in [6.45, 7) is 12.0. The van der Waals surface area contributed by atoms with Crippen LogP contribution in [0.4, 0.5) is 14.0 Å². The average molecular weight is 490 g/mol. The molecule has 9 nitrogen and oxygen atoms in total. The second kappa shape index (κ2) is 11.5. The quantitative estimate of drug-likeness (QED) is 0.575. The molecule has 0 spiro atoms. The van der Waals surface area contributed by atoms with Gasteiger partial charge in [0, 0.05) is 50.5 Å². The van der Waals surface area contributed by atoms with Gasteiger partial charge in [-0.15, -0.1) is 0 Å². The van der Waals surface area contributed by atoms with Gasteiger partial charge in [-0.1, -0.05) is 12.1 Å². The third-order valence-electron chi connectivity index (χ3n) is 6.21. The van der Waals surface area contributed by atoms with Gasteiger partial charge in [-0.25, -0.2) is 18.8 Å².